The first-order valence-electron chi connectivity index (χ1n) is 2.59. The van der Waals surface area contributed by atoms with Gasteiger partial charge in [0.15, 0.2) is 5.05 Å². The SMILES string of the molecule is CCCC(O)C(O)=S.[NaH]. The number of thiocarbonyl (C=S) groups is 1. The molecule has 0 amide bonds. The van der Waals surface area contributed by atoms with Gasteiger partial charge in [0.25, 0.3) is 0 Å². The summed E-state index contributed by atoms with van der Waals surface area (Å²) in [6, 6.07) is 0. The molecular weight excluding hydrogens is 147 g/mol. The summed E-state index contributed by atoms with van der Waals surface area (Å²) in [5, 5.41) is 16.9. The van der Waals surface area contributed by atoms with E-state index in [0.717, 1.165) is 6.42 Å². The summed E-state index contributed by atoms with van der Waals surface area (Å²) in [4.78, 5) is 0. The summed E-state index contributed by atoms with van der Waals surface area (Å²) in [7, 11) is 0. The third-order valence-corrected chi connectivity index (χ3v) is 1.12. The fourth-order valence-electron chi connectivity index (χ4n) is 0.397. The van der Waals surface area contributed by atoms with E-state index in [1.54, 1.807) is 0 Å². The van der Waals surface area contributed by atoms with E-state index in [0.29, 0.717) is 6.42 Å². The molecule has 0 aliphatic heterocycles. The molecule has 0 aromatic heterocycles. The van der Waals surface area contributed by atoms with E-state index in [4.69, 9.17) is 10.2 Å². The van der Waals surface area contributed by atoms with Gasteiger partial charge in [0.1, 0.15) is 6.10 Å². The molecule has 0 aromatic rings. The Morgan fingerprint density at radius 3 is 2.22 bits per heavy atom. The van der Waals surface area contributed by atoms with E-state index >= 15 is 0 Å². The molecule has 0 rings (SSSR count). The van der Waals surface area contributed by atoms with E-state index in [-0.39, 0.29) is 34.6 Å². The van der Waals surface area contributed by atoms with Crippen molar-refractivity contribution in [1.82, 2.24) is 0 Å². The quantitative estimate of drug-likeness (QED) is 0.461. The van der Waals surface area contributed by atoms with E-state index in [1.807, 2.05) is 6.92 Å². The minimum absolute atomic E-state index is 0. The Balaban J connectivity index is 0. The van der Waals surface area contributed by atoms with Gasteiger partial charge in [-0.25, -0.2) is 0 Å². The molecule has 0 aliphatic carbocycles. The van der Waals surface area contributed by atoms with Crippen molar-refractivity contribution in [2.24, 2.45) is 0 Å². The zero-order chi connectivity index (χ0) is 6.57. The van der Waals surface area contributed by atoms with Crippen LogP contribution in [-0.4, -0.2) is 50.9 Å². The summed E-state index contributed by atoms with van der Waals surface area (Å²) in [5.41, 5.74) is 0. The third kappa shape index (κ3) is 6.74. The second-order valence-corrected chi connectivity index (χ2v) is 2.06. The van der Waals surface area contributed by atoms with Gasteiger partial charge in [-0.15, -0.1) is 0 Å². The van der Waals surface area contributed by atoms with Gasteiger partial charge in [-0.1, -0.05) is 13.3 Å². The Bertz CT molecular complexity index is 87.0. The standard InChI is InChI=1S/C5H10O2S.Na.H/c1-2-3-4(6)5(7)8;;/h4,6H,2-3H2,1H3,(H,7,8);;. The first kappa shape index (κ1) is 12.5. The molecule has 2 N–H and O–H groups in total. The monoisotopic (exact) mass is 158 g/mol. The first-order valence-corrected chi connectivity index (χ1v) is 3.00. The van der Waals surface area contributed by atoms with E-state index in [2.05, 4.69) is 12.2 Å². The molecule has 0 saturated heterocycles. The second kappa shape index (κ2) is 6.96. The summed E-state index contributed by atoms with van der Waals surface area (Å²) in [6.07, 6.45) is 0.590. The van der Waals surface area contributed by atoms with Gasteiger partial charge in [0, 0.05) is 0 Å². The Kier molecular flexibility index (Phi) is 9.69. The fourth-order valence-corrected chi connectivity index (χ4v) is 0.515. The van der Waals surface area contributed by atoms with Crippen LogP contribution in [0, 0.1) is 0 Å². The Hall–Kier alpha value is 0.850. The Labute approximate surface area is 82.6 Å². The van der Waals surface area contributed by atoms with Crippen molar-refractivity contribution in [2.75, 3.05) is 0 Å². The maximum absolute atomic E-state index is 8.74. The molecule has 0 heterocycles. The van der Waals surface area contributed by atoms with Gasteiger partial charge in [0.05, 0.1) is 0 Å². The van der Waals surface area contributed by atoms with Crippen molar-refractivity contribution in [3.05, 3.63) is 0 Å². The van der Waals surface area contributed by atoms with Crippen LogP contribution in [0.4, 0.5) is 0 Å². The van der Waals surface area contributed by atoms with Crippen LogP contribution in [0.25, 0.3) is 0 Å². The molecule has 1 atom stereocenters. The van der Waals surface area contributed by atoms with E-state index in [9.17, 15) is 0 Å². The van der Waals surface area contributed by atoms with Gasteiger partial charge >= 0.3 is 29.6 Å². The molecule has 9 heavy (non-hydrogen) atoms. The topological polar surface area (TPSA) is 40.5 Å². The average Bonchev–Trinajstić information content (AvgIpc) is 1.67. The van der Waals surface area contributed by atoms with Gasteiger partial charge in [-0.05, 0) is 18.6 Å². The molecule has 50 valence electrons. The van der Waals surface area contributed by atoms with Crippen LogP contribution in [-0.2, 0) is 0 Å². The van der Waals surface area contributed by atoms with Crippen LogP contribution in [0.3, 0.4) is 0 Å². The van der Waals surface area contributed by atoms with Crippen LogP contribution in [0.2, 0.25) is 0 Å². The molecule has 0 bridgehead atoms. The molecule has 4 heteroatoms. The normalized spacial score (nSPS) is 11.8. The maximum atomic E-state index is 8.74. The number of hydrogen-bond donors (Lipinski definition) is 2. The van der Waals surface area contributed by atoms with Crippen molar-refractivity contribution in [3.8, 4) is 0 Å². The molecule has 0 radical (unpaired) electrons. The van der Waals surface area contributed by atoms with Crippen LogP contribution in [0.1, 0.15) is 19.8 Å². The molecule has 2 nitrogen and oxygen atoms in total. The minimum atomic E-state index is -0.796. The van der Waals surface area contributed by atoms with Crippen molar-refractivity contribution >= 4 is 46.8 Å². The number of aliphatic hydroxyl groups excluding tert-OH is 2. The predicted molar refractivity (Wildman–Crippen MR) is 43.3 cm³/mol. The summed E-state index contributed by atoms with van der Waals surface area (Å²) in [5.74, 6) is 0. The first-order chi connectivity index (χ1) is 3.68. The number of aliphatic hydroxyl groups is 2. The van der Waals surface area contributed by atoms with Crippen LogP contribution in [0.5, 0.6) is 0 Å². The molecule has 0 spiro atoms. The fraction of sp³-hybridized carbons (Fsp3) is 0.800. The van der Waals surface area contributed by atoms with Crippen molar-refractivity contribution in [2.45, 2.75) is 25.9 Å². The van der Waals surface area contributed by atoms with Crippen LogP contribution < -0.4 is 0 Å². The van der Waals surface area contributed by atoms with Crippen molar-refractivity contribution in [3.63, 3.8) is 0 Å². The molecule has 0 fully saturated rings. The number of hydrogen-bond acceptors (Lipinski definition) is 2. The molecular formula is C5H11NaO2S. The van der Waals surface area contributed by atoms with Gasteiger partial charge in [-0.3, -0.25) is 0 Å². The molecule has 0 aliphatic rings. The number of rotatable bonds is 3. The predicted octanol–water partition coefficient (Wildman–Crippen LogP) is 0.384. The Morgan fingerprint density at radius 2 is 2.11 bits per heavy atom. The van der Waals surface area contributed by atoms with Crippen molar-refractivity contribution in [1.29, 1.82) is 0 Å². The summed E-state index contributed by atoms with van der Waals surface area (Å²) >= 11 is 4.29. The van der Waals surface area contributed by atoms with Gasteiger partial charge in [-0.2, -0.15) is 0 Å². The molecule has 0 saturated carbocycles. The zero-order valence-electron chi connectivity index (χ0n) is 4.79. The summed E-state index contributed by atoms with van der Waals surface area (Å²) in [6.45, 7) is 1.92. The third-order valence-electron chi connectivity index (χ3n) is 0.847. The van der Waals surface area contributed by atoms with E-state index < -0.39 is 6.10 Å². The van der Waals surface area contributed by atoms with Crippen LogP contribution >= 0.6 is 12.2 Å². The zero-order valence-corrected chi connectivity index (χ0v) is 5.61. The summed E-state index contributed by atoms with van der Waals surface area (Å²) < 4.78 is 0. The van der Waals surface area contributed by atoms with Gasteiger partial charge < -0.3 is 10.2 Å². The van der Waals surface area contributed by atoms with E-state index in [1.165, 1.54) is 0 Å². The van der Waals surface area contributed by atoms with Crippen molar-refractivity contribution < 1.29 is 10.2 Å². The van der Waals surface area contributed by atoms with Gasteiger partial charge in [0.2, 0.25) is 0 Å². The van der Waals surface area contributed by atoms with Crippen LogP contribution in [0.15, 0.2) is 0 Å². The average molecular weight is 158 g/mol. The second-order valence-electron chi connectivity index (χ2n) is 1.64. The molecule has 1 unspecified atom stereocenters. The molecule has 0 aromatic carbocycles. The Morgan fingerprint density at radius 1 is 1.67 bits per heavy atom.